The number of aryl methyl sites for hydroxylation is 1. The van der Waals surface area contributed by atoms with Crippen molar-refractivity contribution in [3.05, 3.63) is 15.9 Å². The van der Waals surface area contributed by atoms with Crippen molar-refractivity contribution in [3.63, 3.8) is 0 Å². The van der Waals surface area contributed by atoms with Crippen LogP contribution in [0.2, 0.25) is 0 Å². The topological polar surface area (TPSA) is 46.9 Å². The molecule has 1 aromatic heterocycles. The molecule has 0 spiro atoms. The first-order valence-electron chi connectivity index (χ1n) is 5.88. The number of amides is 1. The molecule has 0 unspecified atom stereocenters. The summed E-state index contributed by atoms with van der Waals surface area (Å²) in [5, 5.41) is 7.21. The van der Waals surface area contributed by atoms with Crippen molar-refractivity contribution in [2.75, 3.05) is 6.54 Å². The van der Waals surface area contributed by atoms with Gasteiger partial charge in [-0.05, 0) is 42.1 Å². The van der Waals surface area contributed by atoms with E-state index in [0.29, 0.717) is 5.92 Å². The van der Waals surface area contributed by atoms with Crippen molar-refractivity contribution in [2.24, 2.45) is 5.92 Å². The van der Waals surface area contributed by atoms with Crippen LogP contribution >= 0.6 is 15.9 Å². The van der Waals surface area contributed by atoms with Crippen molar-refractivity contribution in [2.45, 2.75) is 40.7 Å². The molecule has 0 atom stereocenters. The molecule has 0 aromatic carbocycles. The van der Waals surface area contributed by atoms with E-state index in [-0.39, 0.29) is 12.5 Å². The van der Waals surface area contributed by atoms with Crippen LogP contribution in [-0.2, 0) is 11.3 Å². The quantitative estimate of drug-likeness (QED) is 0.908. The summed E-state index contributed by atoms with van der Waals surface area (Å²) in [6.07, 6.45) is 1.01. The summed E-state index contributed by atoms with van der Waals surface area (Å²) in [6, 6.07) is 0. The van der Waals surface area contributed by atoms with Gasteiger partial charge in [-0.25, -0.2) is 0 Å². The van der Waals surface area contributed by atoms with Crippen LogP contribution in [0.5, 0.6) is 0 Å². The number of carbonyl (C=O) groups is 1. The molecule has 96 valence electrons. The SMILES string of the molecule is Cc1nn(CC(=O)NCCC(C)C)c(C)c1Br. The second-order valence-corrected chi connectivity index (χ2v) is 5.47. The van der Waals surface area contributed by atoms with Crippen molar-refractivity contribution >= 4 is 21.8 Å². The van der Waals surface area contributed by atoms with Crippen LogP contribution in [0.3, 0.4) is 0 Å². The Morgan fingerprint density at radius 2 is 2.12 bits per heavy atom. The molecule has 0 aliphatic rings. The van der Waals surface area contributed by atoms with Crippen LogP contribution < -0.4 is 5.32 Å². The minimum Gasteiger partial charge on any atom is -0.354 e. The fourth-order valence-electron chi connectivity index (χ4n) is 1.52. The van der Waals surface area contributed by atoms with E-state index in [4.69, 9.17) is 0 Å². The smallest absolute Gasteiger partial charge is 0.241 e. The molecule has 0 radical (unpaired) electrons. The van der Waals surface area contributed by atoms with Crippen LogP contribution in [0, 0.1) is 19.8 Å². The lowest BCUT2D eigenvalue weighted by Gasteiger charge is -2.08. The maximum atomic E-state index is 11.7. The third kappa shape index (κ3) is 4.15. The zero-order valence-corrected chi connectivity index (χ0v) is 12.5. The Kier molecular flexibility index (Phi) is 5.18. The van der Waals surface area contributed by atoms with Crippen molar-refractivity contribution in [3.8, 4) is 0 Å². The largest absolute Gasteiger partial charge is 0.354 e. The highest BCUT2D eigenvalue weighted by Crippen LogP contribution is 2.19. The van der Waals surface area contributed by atoms with Crippen molar-refractivity contribution in [1.29, 1.82) is 0 Å². The summed E-state index contributed by atoms with van der Waals surface area (Å²) >= 11 is 3.45. The predicted octanol–water partition coefficient (Wildman–Crippen LogP) is 2.42. The third-order valence-corrected chi connectivity index (χ3v) is 3.78. The highest BCUT2D eigenvalue weighted by atomic mass is 79.9. The van der Waals surface area contributed by atoms with Crippen molar-refractivity contribution in [1.82, 2.24) is 15.1 Å². The molecular formula is C12H20BrN3O. The second-order valence-electron chi connectivity index (χ2n) is 4.67. The monoisotopic (exact) mass is 301 g/mol. The lowest BCUT2D eigenvalue weighted by atomic mass is 10.1. The van der Waals surface area contributed by atoms with Crippen LogP contribution in [-0.4, -0.2) is 22.2 Å². The Morgan fingerprint density at radius 3 is 2.59 bits per heavy atom. The molecule has 1 N–H and O–H groups in total. The Hall–Kier alpha value is -0.840. The van der Waals surface area contributed by atoms with Gasteiger partial charge in [-0.3, -0.25) is 9.48 Å². The van der Waals surface area contributed by atoms with Crippen LogP contribution in [0.4, 0.5) is 0 Å². The van der Waals surface area contributed by atoms with Gasteiger partial charge in [-0.2, -0.15) is 5.10 Å². The fraction of sp³-hybridized carbons (Fsp3) is 0.667. The number of hydrogen-bond donors (Lipinski definition) is 1. The van der Waals surface area contributed by atoms with E-state index < -0.39 is 0 Å². The Morgan fingerprint density at radius 1 is 1.47 bits per heavy atom. The molecule has 0 bridgehead atoms. The normalized spacial score (nSPS) is 10.9. The molecule has 1 rings (SSSR count). The van der Waals surface area contributed by atoms with E-state index in [1.165, 1.54) is 0 Å². The number of hydrogen-bond acceptors (Lipinski definition) is 2. The molecule has 5 heteroatoms. The lowest BCUT2D eigenvalue weighted by Crippen LogP contribution is -2.29. The van der Waals surface area contributed by atoms with Gasteiger partial charge >= 0.3 is 0 Å². The van der Waals surface area contributed by atoms with Gasteiger partial charge in [0.2, 0.25) is 5.91 Å². The standard InChI is InChI=1S/C12H20BrN3O/c1-8(2)5-6-14-11(17)7-16-10(4)12(13)9(3)15-16/h8H,5-7H2,1-4H3,(H,14,17). The maximum Gasteiger partial charge on any atom is 0.241 e. The van der Waals surface area contributed by atoms with Gasteiger partial charge in [0.25, 0.3) is 0 Å². The molecule has 4 nitrogen and oxygen atoms in total. The summed E-state index contributed by atoms with van der Waals surface area (Å²) in [6.45, 7) is 9.18. The minimum absolute atomic E-state index is 0.0174. The highest BCUT2D eigenvalue weighted by Gasteiger charge is 2.11. The Bertz CT molecular complexity index is 399. The molecule has 0 saturated heterocycles. The van der Waals surface area contributed by atoms with Crippen LogP contribution in [0.25, 0.3) is 0 Å². The molecule has 1 amide bonds. The summed E-state index contributed by atoms with van der Waals surface area (Å²) in [4.78, 5) is 11.7. The highest BCUT2D eigenvalue weighted by molar-refractivity contribution is 9.10. The van der Waals surface area contributed by atoms with Crippen molar-refractivity contribution < 1.29 is 4.79 Å². The minimum atomic E-state index is 0.0174. The predicted molar refractivity (Wildman–Crippen MR) is 71.9 cm³/mol. The first kappa shape index (κ1) is 14.2. The summed E-state index contributed by atoms with van der Waals surface area (Å²) in [5.41, 5.74) is 1.90. The van der Waals surface area contributed by atoms with Gasteiger partial charge in [-0.1, -0.05) is 13.8 Å². The molecule has 0 fully saturated rings. The van der Waals surface area contributed by atoms with Gasteiger partial charge in [0, 0.05) is 6.54 Å². The zero-order valence-electron chi connectivity index (χ0n) is 10.9. The third-order valence-electron chi connectivity index (χ3n) is 2.63. The molecule has 17 heavy (non-hydrogen) atoms. The summed E-state index contributed by atoms with van der Waals surface area (Å²) in [7, 11) is 0. The first-order chi connectivity index (χ1) is 7.91. The molecule has 0 saturated carbocycles. The Labute approximate surface area is 111 Å². The van der Waals surface area contributed by atoms with E-state index in [0.717, 1.165) is 28.8 Å². The lowest BCUT2D eigenvalue weighted by molar-refractivity contribution is -0.121. The number of carbonyl (C=O) groups excluding carboxylic acids is 1. The van der Waals surface area contributed by atoms with Gasteiger partial charge in [0.1, 0.15) is 6.54 Å². The number of nitrogens with one attached hydrogen (secondary N) is 1. The van der Waals surface area contributed by atoms with Crippen LogP contribution in [0.15, 0.2) is 4.47 Å². The average Bonchev–Trinajstić information content (AvgIpc) is 2.46. The van der Waals surface area contributed by atoms with Gasteiger partial charge in [0.15, 0.2) is 0 Å². The molecule has 1 aromatic rings. The van der Waals surface area contributed by atoms with E-state index in [2.05, 4.69) is 40.2 Å². The number of halogens is 1. The number of aromatic nitrogens is 2. The number of nitrogens with zero attached hydrogens (tertiary/aromatic N) is 2. The summed E-state index contributed by atoms with van der Waals surface area (Å²) in [5.74, 6) is 0.627. The molecule has 0 aliphatic carbocycles. The number of rotatable bonds is 5. The van der Waals surface area contributed by atoms with E-state index in [9.17, 15) is 4.79 Å². The average molecular weight is 302 g/mol. The summed E-state index contributed by atoms with van der Waals surface area (Å²) < 4.78 is 2.71. The van der Waals surface area contributed by atoms with E-state index in [1.54, 1.807) is 4.68 Å². The first-order valence-corrected chi connectivity index (χ1v) is 6.67. The fourth-order valence-corrected chi connectivity index (χ4v) is 1.81. The van der Waals surface area contributed by atoms with Gasteiger partial charge < -0.3 is 5.32 Å². The van der Waals surface area contributed by atoms with E-state index >= 15 is 0 Å². The molecule has 0 aliphatic heterocycles. The molecular weight excluding hydrogens is 282 g/mol. The zero-order chi connectivity index (χ0) is 13.0. The molecule has 1 heterocycles. The van der Waals surface area contributed by atoms with Crippen LogP contribution in [0.1, 0.15) is 31.7 Å². The maximum absolute atomic E-state index is 11.7. The van der Waals surface area contributed by atoms with Gasteiger partial charge in [-0.15, -0.1) is 0 Å². The Balaban J connectivity index is 2.48. The second kappa shape index (κ2) is 6.19. The van der Waals surface area contributed by atoms with E-state index in [1.807, 2.05) is 13.8 Å². The van der Waals surface area contributed by atoms with Gasteiger partial charge in [0.05, 0.1) is 15.9 Å².